The van der Waals surface area contributed by atoms with E-state index in [-0.39, 0.29) is 46.4 Å². The molecule has 7 nitrogen and oxygen atoms in total. The van der Waals surface area contributed by atoms with Crippen molar-refractivity contribution < 1.29 is 58.3 Å². The van der Waals surface area contributed by atoms with Crippen LogP contribution in [0.25, 0.3) is 0 Å². The van der Waals surface area contributed by atoms with E-state index in [0.717, 1.165) is 0 Å². The normalized spacial score (nSPS) is 10.8. The van der Waals surface area contributed by atoms with Crippen molar-refractivity contribution in [2.75, 3.05) is 0 Å². The SMILES string of the molecule is Cc1ncc(COP(=O)(O)O)c(C=O)c1[O-].[Na+]. The number of phosphoric acid groups is 1. The van der Waals surface area contributed by atoms with Gasteiger partial charge in [-0.3, -0.25) is 14.3 Å². The topological polar surface area (TPSA) is 120 Å². The van der Waals surface area contributed by atoms with E-state index in [1.165, 1.54) is 13.1 Å². The maximum atomic E-state index is 11.4. The minimum atomic E-state index is -4.63. The molecule has 0 saturated heterocycles. The molecule has 0 aliphatic rings. The van der Waals surface area contributed by atoms with Crippen LogP contribution in [-0.4, -0.2) is 21.1 Å². The summed E-state index contributed by atoms with van der Waals surface area (Å²) in [7, 11) is -4.63. The molecule has 0 atom stereocenters. The first-order chi connectivity index (χ1) is 7.35. The number of pyridine rings is 1. The zero-order valence-electron chi connectivity index (χ0n) is 9.28. The summed E-state index contributed by atoms with van der Waals surface area (Å²) in [6.07, 6.45) is 1.49. The van der Waals surface area contributed by atoms with Gasteiger partial charge < -0.3 is 14.9 Å². The van der Waals surface area contributed by atoms with Gasteiger partial charge in [0, 0.05) is 23.0 Å². The number of nitrogens with zero attached hydrogens (tertiary/aromatic N) is 1. The third kappa shape index (κ3) is 4.85. The Balaban J connectivity index is 0.00000256. The molecule has 0 aliphatic carbocycles. The van der Waals surface area contributed by atoms with Gasteiger partial charge in [0.15, 0.2) is 0 Å². The predicted octanol–water partition coefficient (Wildman–Crippen LogP) is -3.11. The Kier molecular flexibility index (Phi) is 6.50. The van der Waals surface area contributed by atoms with Crippen LogP contribution in [0.3, 0.4) is 0 Å². The average Bonchev–Trinajstić information content (AvgIpc) is 2.18. The van der Waals surface area contributed by atoms with Crippen LogP contribution in [0.4, 0.5) is 0 Å². The molecule has 9 heteroatoms. The minimum Gasteiger partial charge on any atom is -0.871 e. The summed E-state index contributed by atoms with van der Waals surface area (Å²) < 4.78 is 14.6. The fraction of sp³-hybridized carbons (Fsp3) is 0.250. The Hall–Kier alpha value is -0.270. The van der Waals surface area contributed by atoms with Crippen LogP contribution in [0.5, 0.6) is 5.75 Å². The molecule has 1 heterocycles. The van der Waals surface area contributed by atoms with E-state index >= 15 is 0 Å². The van der Waals surface area contributed by atoms with Crippen LogP contribution < -0.4 is 34.7 Å². The van der Waals surface area contributed by atoms with Gasteiger partial charge in [-0.05, 0) is 6.92 Å². The van der Waals surface area contributed by atoms with Crippen LogP contribution in [-0.2, 0) is 15.7 Å². The number of phosphoric ester groups is 1. The molecule has 0 unspecified atom stereocenters. The third-order valence-electron chi connectivity index (χ3n) is 1.84. The van der Waals surface area contributed by atoms with Gasteiger partial charge in [-0.2, -0.15) is 0 Å². The van der Waals surface area contributed by atoms with Crippen LogP contribution in [0.2, 0.25) is 0 Å². The summed E-state index contributed by atoms with van der Waals surface area (Å²) in [6.45, 7) is 0.893. The first kappa shape index (κ1) is 16.7. The average molecular weight is 269 g/mol. The van der Waals surface area contributed by atoms with Crippen molar-refractivity contribution in [1.82, 2.24) is 4.98 Å². The summed E-state index contributed by atoms with van der Waals surface area (Å²) >= 11 is 0. The van der Waals surface area contributed by atoms with Crippen molar-refractivity contribution in [3.8, 4) is 5.75 Å². The van der Waals surface area contributed by atoms with Gasteiger partial charge in [-0.15, -0.1) is 0 Å². The van der Waals surface area contributed by atoms with E-state index in [0.29, 0.717) is 6.29 Å². The van der Waals surface area contributed by atoms with Gasteiger partial charge in [-0.25, -0.2) is 4.57 Å². The molecular weight excluding hydrogens is 260 g/mol. The van der Waals surface area contributed by atoms with Gasteiger partial charge in [0.25, 0.3) is 0 Å². The molecule has 1 aromatic rings. The smallest absolute Gasteiger partial charge is 0.871 e. The zero-order valence-corrected chi connectivity index (χ0v) is 12.2. The Morgan fingerprint density at radius 1 is 1.59 bits per heavy atom. The maximum Gasteiger partial charge on any atom is 1.00 e. The second-order valence-electron chi connectivity index (χ2n) is 2.99. The van der Waals surface area contributed by atoms with Crippen LogP contribution in [0.1, 0.15) is 21.6 Å². The fourth-order valence-corrected chi connectivity index (χ4v) is 1.35. The number of hydrogen-bond acceptors (Lipinski definition) is 5. The number of carbonyl (C=O) groups is 1. The number of hydrogen-bond donors (Lipinski definition) is 2. The minimum absolute atomic E-state index is 0. The first-order valence-electron chi connectivity index (χ1n) is 4.16. The van der Waals surface area contributed by atoms with Gasteiger partial charge in [0.2, 0.25) is 0 Å². The molecule has 0 aromatic carbocycles. The van der Waals surface area contributed by atoms with E-state index in [1.54, 1.807) is 0 Å². The molecule has 88 valence electrons. The fourth-order valence-electron chi connectivity index (χ4n) is 1.04. The largest absolute Gasteiger partial charge is 1.00 e. The number of aldehydes is 1. The molecule has 1 rings (SSSR count). The summed E-state index contributed by atoms with van der Waals surface area (Å²) in [5.74, 6) is -0.568. The molecule has 0 amide bonds. The Bertz CT molecular complexity index is 460. The number of aromatic nitrogens is 1. The van der Waals surface area contributed by atoms with Crippen molar-refractivity contribution in [2.24, 2.45) is 0 Å². The monoisotopic (exact) mass is 269 g/mol. The predicted molar refractivity (Wildman–Crippen MR) is 50.6 cm³/mol. The molecule has 0 bridgehead atoms. The number of aryl methyl sites for hydroxylation is 1. The van der Waals surface area contributed by atoms with Crippen molar-refractivity contribution in [2.45, 2.75) is 13.5 Å². The standard InChI is InChI=1S/C8H10NO6P.Na/c1-5-8(11)7(3-10)6(2-9-5)4-15-16(12,13)14;/h2-3,11H,4H2,1H3,(H2,12,13,14);/q;+1/p-1. The Labute approximate surface area is 119 Å². The van der Waals surface area contributed by atoms with E-state index in [4.69, 9.17) is 9.79 Å². The Morgan fingerprint density at radius 2 is 2.18 bits per heavy atom. The summed E-state index contributed by atoms with van der Waals surface area (Å²) in [4.78, 5) is 31.3. The second-order valence-corrected chi connectivity index (χ2v) is 4.23. The molecule has 17 heavy (non-hydrogen) atoms. The molecule has 0 aliphatic heterocycles. The van der Waals surface area contributed by atoms with Crippen molar-refractivity contribution in [3.63, 3.8) is 0 Å². The zero-order chi connectivity index (χ0) is 12.3. The van der Waals surface area contributed by atoms with E-state index in [2.05, 4.69) is 9.51 Å². The summed E-state index contributed by atoms with van der Waals surface area (Å²) in [5, 5.41) is 11.4. The quantitative estimate of drug-likeness (QED) is 0.337. The van der Waals surface area contributed by atoms with Gasteiger partial charge >= 0.3 is 37.4 Å². The van der Waals surface area contributed by atoms with Gasteiger partial charge in [0.05, 0.1) is 6.61 Å². The summed E-state index contributed by atoms with van der Waals surface area (Å²) in [5.41, 5.74) is -0.00287. The van der Waals surface area contributed by atoms with Crippen LogP contribution in [0.15, 0.2) is 6.20 Å². The molecule has 0 fully saturated rings. The van der Waals surface area contributed by atoms with Crippen molar-refractivity contribution >= 4 is 14.1 Å². The maximum absolute atomic E-state index is 11.4. The van der Waals surface area contributed by atoms with Crippen molar-refractivity contribution in [1.29, 1.82) is 0 Å². The van der Waals surface area contributed by atoms with E-state index in [1.807, 2.05) is 0 Å². The van der Waals surface area contributed by atoms with E-state index < -0.39 is 20.2 Å². The molecule has 0 spiro atoms. The summed E-state index contributed by atoms with van der Waals surface area (Å²) in [6, 6.07) is 0. The van der Waals surface area contributed by atoms with E-state index in [9.17, 15) is 14.5 Å². The Morgan fingerprint density at radius 3 is 2.65 bits per heavy atom. The van der Waals surface area contributed by atoms with Crippen molar-refractivity contribution in [3.05, 3.63) is 23.0 Å². The van der Waals surface area contributed by atoms with Crippen LogP contribution in [0, 0.1) is 6.92 Å². The van der Waals surface area contributed by atoms with Gasteiger partial charge in [0.1, 0.15) is 6.29 Å². The molecule has 0 saturated carbocycles. The number of carbonyl (C=O) groups excluding carboxylic acids is 1. The molecule has 1 aromatic heterocycles. The second kappa shape index (κ2) is 6.61. The molecule has 0 radical (unpaired) electrons. The molecule has 2 N–H and O–H groups in total. The third-order valence-corrected chi connectivity index (χ3v) is 2.30. The molecular formula is C8H9NNaO6P. The number of rotatable bonds is 4. The van der Waals surface area contributed by atoms with Crippen LogP contribution >= 0.6 is 7.82 Å². The van der Waals surface area contributed by atoms with Gasteiger partial charge in [-0.1, -0.05) is 5.75 Å². The first-order valence-corrected chi connectivity index (χ1v) is 5.69.